The van der Waals surface area contributed by atoms with Crippen molar-refractivity contribution in [3.8, 4) is 11.5 Å². The first-order valence-electron chi connectivity index (χ1n) is 12.1. The molecule has 0 saturated carbocycles. The molecule has 3 aliphatic rings. The minimum Gasteiger partial charge on any atom is -0.493 e. The number of ketones is 2. The standard InChI is InChI=1S/C28H27ClN2O5/c1-35-24-14-16(8-13-23(24)36-15-25(34)30-18-11-9-17(29)10-12-18)26-27-19(4-2-6-21(27)32)31-20-5-3-7-22(33)28(20)26/h8-14,26,31H,2-7,15H2,1H3,(H,30,34). The number of carbonyl (C=O) groups is 3. The molecule has 8 heteroatoms. The first kappa shape index (κ1) is 24.1. The molecule has 1 amide bonds. The van der Waals surface area contributed by atoms with Gasteiger partial charge in [0.15, 0.2) is 29.7 Å². The zero-order valence-corrected chi connectivity index (χ0v) is 20.7. The van der Waals surface area contributed by atoms with Crippen molar-refractivity contribution in [1.29, 1.82) is 0 Å². The maximum Gasteiger partial charge on any atom is 0.262 e. The van der Waals surface area contributed by atoms with Crippen LogP contribution < -0.4 is 20.1 Å². The number of allylic oxidation sites excluding steroid dienone is 4. The van der Waals surface area contributed by atoms with Gasteiger partial charge in [-0.1, -0.05) is 17.7 Å². The van der Waals surface area contributed by atoms with E-state index in [1.165, 1.54) is 7.11 Å². The molecule has 0 spiro atoms. The average molecular weight is 507 g/mol. The van der Waals surface area contributed by atoms with E-state index in [1.807, 2.05) is 6.07 Å². The maximum absolute atomic E-state index is 13.0. The van der Waals surface area contributed by atoms with E-state index < -0.39 is 5.92 Å². The number of hydrogen-bond acceptors (Lipinski definition) is 6. The molecule has 2 aromatic carbocycles. The SMILES string of the molecule is COc1cc(C2C3=C(CCCC3=O)NC3=C2C(=O)CCC3)ccc1OCC(=O)Nc1ccc(Cl)cc1. The van der Waals surface area contributed by atoms with Gasteiger partial charge in [0, 0.05) is 52.0 Å². The second-order valence-electron chi connectivity index (χ2n) is 9.15. The quantitative estimate of drug-likeness (QED) is 0.568. The fraction of sp³-hybridized carbons (Fsp3) is 0.321. The summed E-state index contributed by atoms with van der Waals surface area (Å²) in [5, 5.41) is 6.76. The van der Waals surface area contributed by atoms with Crippen LogP contribution in [0.3, 0.4) is 0 Å². The number of dihydropyridines is 1. The molecule has 1 aliphatic heterocycles. The van der Waals surface area contributed by atoms with Crippen molar-refractivity contribution < 1.29 is 23.9 Å². The Morgan fingerprint density at radius 3 is 2.19 bits per heavy atom. The summed E-state index contributed by atoms with van der Waals surface area (Å²) in [5.74, 6) is 0.240. The van der Waals surface area contributed by atoms with Crippen molar-refractivity contribution in [3.63, 3.8) is 0 Å². The molecular formula is C28H27ClN2O5. The summed E-state index contributed by atoms with van der Waals surface area (Å²) in [6.07, 6.45) is 4.17. The van der Waals surface area contributed by atoms with Crippen molar-refractivity contribution in [2.45, 2.75) is 44.4 Å². The van der Waals surface area contributed by atoms with Gasteiger partial charge < -0.3 is 20.1 Å². The summed E-state index contributed by atoms with van der Waals surface area (Å²) in [6.45, 7) is -0.215. The molecule has 186 valence electrons. The third-order valence-corrected chi connectivity index (χ3v) is 7.05. The average Bonchev–Trinajstić information content (AvgIpc) is 2.88. The van der Waals surface area contributed by atoms with Crippen molar-refractivity contribution in [2.75, 3.05) is 19.0 Å². The highest BCUT2D eigenvalue weighted by atomic mass is 35.5. The molecule has 2 aliphatic carbocycles. The highest BCUT2D eigenvalue weighted by Gasteiger charge is 2.40. The number of halogens is 1. The number of benzene rings is 2. The topological polar surface area (TPSA) is 93.7 Å². The predicted octanol–water partition coefficient (Wildman–Crippen LogP) is 5.07. The minimum absolute atomic E-state index is 0.0804. The Morgan fingerprint density at radius 2 is 1.58 bits per heavy atom. The van der Waals surface area contributed by atoms with Crippen LogP contribution in [-0.4, -0.2) is 31.2 Å². The first-order chi connectivity index (χ1) is 17.4. The third-order valence-electron chi connectivity index (χ3n) is 6.80. The van der Waals surface area contributed by atoms with Gasteiger partial charge in [-0.3, -0.25) is 14.4 Å². The van der Waals surface area contributed by atoms with E-state index in [4.69, 9.17) is 21.1 Å². The summed E-state index contributed by atoms with van der Waals surface area (Å²) < 4.78 is 11.3. The molecule has 0 fully saturated rings. The molecule has 2 aromatic rings. The van der Waals surface area contributed by atoms with Gasteiger partial charge in [0.05, 0.1) is 7.11 Å². The van der Waals surface area contributed by atoms with Crippen LogP contribution >= 0.6 is 11.6 Å². The predicted molar refractivity (Wildman–Crippen MR) is 136 cm³/mol. The number of carbonyl (C=O) groups excluding carboxylic acids is 3. The lowest BCUT2D eigenvalue weighted by Crippen LogP contribution is -2.36. The molecule has 0 atom stereocenters. The largest absolute Gasteiger partial charge is 0.493 e. The third kappa shape index (κ3) is 4.75. The van der Waals surface area contributed by atoms with Gasteiger partial charge >= 0.3 is 0 Å². The van der Waals surface area contributed by atoms with Gasteiger partial charge in [-0.05, 0) is 67.6 Å². The lowest BCUT2D eigenvalue weighted by Gasteiger charge is -2.37. The van der Waals surface area contributed by atoms with Crippen LogP contribution in [0, 0.1) is 0 Å². The highest BCUT2D eigenvalue weighted by molar-refractivity contribution is 6.30. The van der Waals surface area contributed by atoms with Crippen LogP contribution in [0.15, 0.2) is 65.0 Å². The molecule has 0 aromatic heterocycles. The van der Waals surface area contributed by atoms with E-state index in [0.29, 0.717) is 46.2 Å². The minimum atomic E-state index is -0.423. The molecule has 0 unspecified atom stereocenters. The molecule has 0 bridgehead atoms. The zero-order valence-electron chi connectivity index (χ0n) is 20.0. The van der Waals surface area contributed by atoms with Crippen molar-refractivity contribution in [3.05, 3.63) is 75.6 Å². The molecule has 2 N–H and O–H groups in total. The van der Waals surface area contributed by atoms with E-state index in [-0.39, 0.29) is 24.1 Å². The Labute approximate surface area is 214 Å². The number of methoxy groups -OCH3 is 1. The fourth-order valence-corrected chi connectivity index (χ4v) is 5.30. The summed E-state index contributed by atoms with van der Waals surface area (Å²) in [4.78, 5) is 38.4. The molecule has 36 heavy (non-hydrogen) atoms. The Hall–Kier alpha value is -3.58. The van der Waals surface area contributed by atoms with Gasteiger partial charge in [-0.2, -0.15) is 0 Å². The van der Waals surface area contributed by atoms with E-state index in [0.717, 1.165) is 42.6 Å². The number of hydrogen-bond donors (Lipinski definition) is 2. The second kappa shape index (κ2) is 10.2. The van der Waals surface area contributed by atoms with Gasteiger partial charge in [-0.25, -0.2) is 0 Å². The van der Waals surface area contributed by atoms with Crippen LogP contribution in [-0.2, 0) is 14.4 Å². The maximum atomic E-state index is 13.0. The van der Waals surface area contributed by atoms with Crippen LogP contribution in [0.5, 0.6) is 11.5 Å². The Morgan fingerprint density at radius 1 is 0.944 bits per heavy atom. The lowest BCUT2D eigenvalue weighted by atomic mass is 9.71. The lowest BCUT2D eigenvalue weighted by molar-refractivity contribution is -0.118. The number of anilines is 1. The zero-order chi connectivity index (χ0) is 25.2. The number of amides is 1. The van der Waals surface area contributed by atoms with Crippen LogP contribution in [0.4, 0.5) is 5.69 Å². The van der Waals surface area contributed by atoms with Gasteiger partial charge in [0.2, 0.25) is 0 Å². The highest BCUT2D eigenvalue weighted by Crippen LogP contribution is 2.46. The van der Waals surface area contributed by atoms with E-state index >= 15 is 0 Å². The summed E-state index contributed by atoms with van der Waals surface area (Å²) in [5.41, 5.74) is 4.66. The number of ether oxygens (including phenoxy) is 2. The smallest absolute Gasteiger partial charge is 0.262 e. The fourth-order valence-electron chi connectivity index (χ4n) is 5.17. The Balaban J connectivity index is 1.40. The second-order valence-corrected chi connectivity index (χ2v) is 9.59. The van der Waals surface area contributed by atoms with Crippen LogP contribution in [0.1, 0.15) is 50.0 Å². The van der Waals surface area contributed by atoms with Crippen molar-refractivity contribution in [1.82, 2.24) is 5.32 Å². The van der Waals surface area contributed by atoms with Crippen molar-refractivity contribution >= 4 is 34.8 Å². The van der Waals surface area contributed by atoms with E-state index in [1.54, 1.807) is 36.4 Å². The van der Waals surface area contributed by atoms with Gasteiger partial charge in [0.25, 0.3) is 5.91 Å². The number of Topliss-reactive ketones (excluding diaryl/α,β-unsaturated/α-hetero) is 2. The van der Waals surface area contributed by atoms with Crippen LogP contribution in [0.2, 0.25) is 5.02 Å². The summed E-state index contributed by atoms with van der Waals surface area (Å²) in [6, 6.07) is 12.2. The number of rotatable bonds is 6. The summed E-state index contributed by atoms with van der Waals surface area (Å²) in [7, 11) is 1.52. The molecule has 0 saturated heterocycles. The molecular weight excluding hydrogens is 480 g/mol. The monoisotopic (exact) mass is 506 g/mol. The molecule has 7 nitrogen and oxygen atoms in total. The summed E-state index contributed by atoms with van der Waals surface area (Å²) >= 11 is 5.89. The van der Waals surface area contributed by atoms with E-state index in [9.17, 15) is 14.4 Å². The Bertz CT molecular complexity index is 1250. The van der Waals surface area contributed by atoms with E-state index in [2.05, 4.69) is 10.6 Å². The number of nitrogens with one attached hydrogen (secondary N) is 2. The van der Waals surface area contributed by atoms with Crippen molar-refractivity contribution in [2.24, 2.45) is 0 Å². The normalized spacial score (nSPS) is 17.8. The molecule has 0 radical (unpaired) electrons. The van der Waals surface area contributed by atoms with Crippen LogP contribution in [0.25, 0.3) is 0 Å². The molecule has 1 heterocycles. The first-order valence-corrected chi connectivity index (χ1v) is 12.5. The molecule has 5 rings (SSSR count). The van der Waals surface area contributed by atoms with Gasteiger partial charge in [0.1, 0.15) is 0 Å². The van der Waals surface area contributed by atoms with Gasteiger partial charge in [-0.15, -0.1) is 0 Å². The Kier molecular flexibility index (Phi) is 6.83.